The number of rotatable bonds is 5. The molecule has 6 atom stereocenters. The first-order valence-corrected chi connectivity index (χ1v) is 19.0. The van der Waals surface area contributed by atoms with Crippen molar-refractivity contribution in [1.82, 2.24) is 4.31 Å². The van der Waals surface area contributed by atoms with Crippen molar-refractivity contribution in [2.24, 2.45) is 5.92 Å². The van der Waals surface area contributed by atoms with Crippen LogP contribution in [0.4, 0.5) is 0 Å². The SMILES string of the molecule is Cc1ccc(S(=O)(=O)N2C(=O)c3cc4c(cc3[C@H]3[C@@H](CO)[C@H](O[Si](C)(C)C(C)(C)C)[C@H]5OC(C)(C)O[C@H]5[C@@H]32)OCO4)cc1. The summed E-state index contributed by atoms with van der Waals surface area (Å²) in [6.07, 6.45) is -2.23. The Kier molecular flexibility index (Phi) is 7.11. The zero-order valence-electron chi connectivity index (χ0n) is 25.9. The second-order valence-electron chi connectivity index (χ2n) is 14.0. The number of fused-ring (bicyclic) bond motifs is 6. The van der Waals surface area contributed by atoms with Crippen molar-refractivity contribution in [3.63, 3.8) is 0 Å². The average molecular weight is 632 g/mol. The molecule has 3 heterocycles. The number of hydrogen-bond acceptors (Lipinski definition) is 9. The minimum atomic E-state index is -4.38. The molecule has 1 aliphatic carbocycles. The van der Waals surface area contributed by atoms with Crippen molar-refractivity contribution in [1.29, 1.82) is 0 Å². The maximum Gasteiger partial charge on any atom is 0.268 e. The Morgan fingerprint density at radius 2 is 1.65 bits per heavy atom. The number of ether oxygens (including phenoxy) is 4. The standard InChI is InChI=1S/C31H41NO9SSi/c1-17-9-11-18(12-10-17)42(35,36)32-25-24(19-13-22-23(38-16-37-22)14-20(19)29(32)34)21(15-33)26(41-43(7,8)30(2,3)4)28-27(25)39-31(5,6)40-28/h9-14,21,24-28,33H,15-16H2,1-8H3/t21-,24+,25-,26+,27+,28-/m1/s1. The van der Waals surface area contributed by atoms with Crippen LogP contribution in [0.5, 0.6) is 11.5 Å². The normalized spacial score (nSPS) is 29.7. The van der Waals surface area contributed by atoms with Gasteiger partial charge in [-0.1, -0.05) is 38.5 Å². The molecule has 0 unspecified atom stereocenters. The highest BCUT2D eigenvalue weighted by Crippen LogP contribution is 2.55. The molecule has 10 nitrogen and oxygen atoms in total. The zero-order valence-corrected chi connectivity index (χ0v) is 27.7. The summed E-state index contributed by atoms with van der Waals surface area (Å²) in [5.41, 5.74) is 1.64. The van der Waals surface area contributed by atoms with Crippen LogP contribution >= 0.6 is 0 Å². The van der Waals surface area contributed by atoms with Crippen molar-refractivity contribution in [2.45, 2.75) is 101 Å². The molecule has 2 aromatic rings. The van der Waals surface area contributed by atoms with Gasteiger partial charge < -0.3 is 28.5 Å². The summed E-state index contributed by atoms with van der Waals surface area (Å²) in [6.45, 7) is 15.7. The number of amides is 1. The highest BCUT2D eigenvalue weighted by Gasteiger charge is 2.65. The lowest BCUT2D eigenvalue weighted by Gasteiger charge is -2.54. The van der Waals surface area contributed by atoms with Gasteiger partial charge in [-0.15, -0.1) is 0 Å². The molecule has 1 N–H and O–H groups in total. The summed E-state index contributed by atoms with van der Waals surface area (Å²) < 4.78 is 61.1. The summed E-state index contributed by atoms with van der Waals surface area (Å²) in [5.74, 6) is -2.26. The van der Waals surface area contributed by atoms with Gasteiger partial charge in [0.1, 0.15) is 12.2 Å². The smallest absolute Gasteiger partial charge is 0.268 e. The lowest BCUT2D eigenvalue weighted by Crippen LogP contribution is -2.68. The highest BCUT2D eigenvalue weighted by molar-refractivity contribution is 7.89. The van der Waals surface area contributed by atoms with Crippen LogP contribution in [-0.4, -0.2) is 75.6 Å². The molecule has 6 rings (SSSR count). The predicted molar refractivity (Wildman–Crippen MR) is 160 cm³/mol. The fraction of sp³-hybridized carbons (Fsp3) is 0.581. The molecule has 4 aliphatic rings. The molecule has 1 saturated carbocycles. The lowest BCUT2D eigenvalue weighted by molar-refractivity contribution is -0.155. The zero-order chi connectivity index (χ0) is 31.3. The summed E-state index contributed by atoms with van der Waals surface area (Å²) >= 11 is 0. The van der Waals surface area contributed by atoms with E-state index >= 15 is 0 Å². The first kappa shape index (κ1) is 30.5. The minimum Gasteiger partial charge on any atom is -0.454 e. The van der Waals surface area contributed by atoms with Crippen molar-refractivity contribution >= 4 is 24.2 Å². The second kappa shape index (κ2) is 10.0. The topological polar surface area (TPSA) is 121 Å². The van der Waals surface area contributed by atoms with Gasteiger partial charge in [-0.2, -0.15) is 0 Å². The van der Waals surface area contributed by atoms with E-state index in [4.69, 9.17) is 23.4 Å². The van der Waals surface area contributed by atoms with Gasteiger partial charge >= 0.3 is 0 Å². The van der Waals surface area contributed by atoms with Gasteiger partial charge in [-0.25, -0.2) is 12.7 Å². The third-order valence-corrected chi connectivity index (χ3v) is 16.0. The molecule has 2 fully saturated rings. The maximum absolute atomic E-state index is 14.5. The molecule has 0 spiro atoms. The van der Waals surface area contributed by atoms with Gasteiger partial charge in [0.2, 0.25) is 6.79 Å². The van der Waals surface area contributed by atoms with E-state index in [0.29, 0.717) is 17.1 Å². The Labute approximate surface area is 254 Å². The summed E-state index contributed by atoms with van der Waals surface area (Å²) in [5, 5.41) is 11.0. The van der Waals surface area contributed by atoms with Gasteiger partial charge in [-0.05, 0) is 68.7 Å². The third kappa shape index (κ3) is 4.81. The van der Waals surface area contributed by atoms with Crippen LogP contribution in [0.25, 0.3) is 0 Å². The summed E-state index contributed by atoms with van der Waals surface area (Å²) in [7, 11) is -6.81. The van der Waals surface area contributed by atoms with Gasteiger partial charge in [0.15, 0.2) is 25.6 Å². The van der Waals surface area contributed by atoms with E-state index in [2.05, 4.69) is 33.9 Å². The fourth-order valence-corrected chi connectivity index (χ4v) is 9.53. The van der Waals surface area contributed by atoms with Crippen molar-refractivity contribution in [2.75, 3.05) is 13.4 Å². The molecule has 1 saturated heterocycles. The Balaban J connectivity index is 1.59. The molecule has 43 heavy (non-hydrogen) atoms. The Morgan fingerprint density at radius 3 is 2.26 bits per heavy atom. The monoisotopic (exact) mass is 631 g/mol. The van der Waals surface area contributed by atoms with E-state index in [1.54, 1.807) is 38.1 Å². The number of aliphatic hydroxyl groups is 1. The summed E-state index contributed by atoms with van der Waals surface area (Å²) in [6, 6.07) is 8.69. The first-order chi connectivity index (χ1) is 20.0. The number of carbonyl (C=O) groups is 1. The Morgan fingerprint density at radius 1 is 1.05 bits per heavy atom. The van der Waals surface area contributed by atoms with E-state index in [-0.39, 0.29) is 28.9 Å². The molecule has 0 bridgehead atoms. The van der Waals surface area contributed by atoms with E-state index in [1.165, 1.54) is 12.1 Å². The molecule has 234 valence electrons. The number of hydrogen-bond donors (Lipinski definition) is 1. The highest BCUT2D eigenvalue weighted by atomic mass is 32.2. The Bertz CT molecular complexity index is 1550. The number of nitrogens with zero attached hydrogens (tertiary/aromatic N) is 1. The number of aliphatic hydroxyl groups excluding tert-OH is 1. The molecule has 0 aromatic heterocycles. The van der Waals surface area contributed by atoms with Crippen LogP contribution in [-0.2, 0) is 23.9 Å². The van der Waals surface area contributed by atoms with Crippen LogP contribution in [0.15, 0.2) is 41.3 Å². The molecule has 2 aromatic carbocycles. The van der Waals surface area contributed by atoms with Crippen LogP contribution in [0, 0.1) is 12.8 Å². The number of carbonyl (C=O) groups excluding carboxylic acids is 1. The summed E-state index contributed by atoms with van der Waals surface area (Å²) in [4.78, 5) is 14.4. The van der Waals surface area contributed by atoms with Crippen molar-refractivity contribution < 1.29 is 41.7 Å². The van der Waals surface area contributed by atoms with Crippen LogP contribution < -0.4 is 9.47 Å². The molecule has 12 heteroatoms. The van der Waals surface area contributed by atoms with Crippen molar-refractivity contribution in [3.8, 4) is 11.5 Å². The third-order valence-electron chi connectivity index (χ3n) is 9.71. The predicted octanol–water partition coefficient (Wildman–Crippen LogP) is 4.55. The van der Waals surface area contributed by atoms with E-state index in [9.17, 15) is 18.3 Å². The van der Waals surface area contributed by atoms with E-state index in [0.717, 1.165) is 9.87 Å². The molecule has 1 amide bonds. The lowest BCUT2D eigenvalue weighted by atomic mass is 9.66. The second-order valence-corrected chi connectivity index (χ2v) is 20.6. The van der Waals surface area contributed by atoms with Gasteiger partial charge in [0.25, 0.3) is 15.9 Å². The average Bonchev–Trinajstić information content (AvgIpc) is 3.50. The minimum absolute atomic E-state index is 0.00989. The molecular formula is C31H41NO9SSi. The van der Waals surface area contributed by atoms with Gasteiger partial charge in [-0.3, -0.25) is 4.79 Å². The van der Waals surface area contributed by atoms with E-state index < -0.39 is 66.2 Å². The van der Waals surface area contributed by atoms with Crippen LogP contribution in [0.1, 0.15) is 62.0 Å². The van der Waals surface area contributed by atoms with Gasteiger partial charge in [0, 0.05) is 24.0 Å². The van der Waals surface area contributed by atoms with Gasteiger partial charge in [0.05, 0.1) is 17.0 Å². The van der Waals surface area contributed by atoms with Crippen LogP contribution in [0.2, 0.25) is 18.1 Å². The largest absolute Gasteiger partial charge is 0.454 e. The molecular weight excluding hydrogens is 590 g/mol. The quantitative estimate of drug-likeness (QED) is 0.474. The Hall–Kier alpha value is -2.48. The van der Waals surface area contributed by atoms with Crippen molar-refractivity contribution in [3.05, 3.63) is 53.1 Å². The number of sulfonamides is 1. The first-order valence-electron chi connectivity index (χ1n) is 14.7. The maximum atomic E-state index is 14.5. The number of aryl methyl sites for hydroxylation is 1. The molecule has 3 aliphatic heterocycles. The fourth-order valence-electron chi connectivity index (χ4n) is 6.59. The number of benzene rings is 2. The van der Waals surface area contributed by atoms with Crippen LogP contribution in [0.3, 0.4) is 0 Å². The van der Waals surface area contributed by atoms with E-state index in [1.807, 2.05) is 6.92 Å². The molecule has 0 radical (unpaired) electrons.